The number of carbonyl (C=O) groups excluding carboxylic acids is 3. The Balaban J connectivity index is 0. The summed E-state index contributed by atoms with van der Waals surface area (Å²) in [7, 11) is 0. The average molecular weight is 957 g/mol. The van der Waals surface area contributed by atoms with Gasteiger partial charge in [0.2, 0.25) is 5.91 Å². The number of allylic oxidation sites excluding steroid dienone is 6. The van der Waals surface area contributed by atoms with Crippen molar-refractivity contribution in [3.05, 3.63) is 36.5 Å². The van der Waals surface area contributed by atoms with Crippen LogP contribution in [-0.2, 0) is 23.9 Å². The molecule has 68 heavy (non-hydrogen) atoms. The molecule has 0 heterocycles. The van der Waals surface area contributed by atoms with Crippen LogP contribution in [0.1, 0.15) is 317 Å². The molecule has 398 valence electrons. The van der Waals surface area contributed by atoms with Crippen molar-refractivity contribution in [2.45, 2.75) is 323 Å². The lowest BCUT2D eigenvalue weighted by Gasteiger charge is -2.20. The Kier molecular flexibility index (Phi) is 56.4. The lowest BCUT2D eigenvalue weighted by Crippen LogP contribution is -2.38. The van der Waals surface area contributed by atoms with Gasteiger partial charge < -0.3 is 15.2 Å². The fraction of sp³-hybridized carbons (Fsp3) is 0.836. The molecule has 0 saturated carbocycles. The summed E-state index contributed by atoms with van der Waals surface area (Å²) in [6.45, 7) is 10.5. The lowest BCUT2D eigenvalue weighted by atomic mass is 9.92. The van der Waals surface area contributed by atoms with Gasteiger partial charge in [-0.1, -0.05) is 212 Å². The molecule has 0 aromatic heterocycles. The third-order valence-electron chi connectivity index (χ3n) is 13.1. The first-order valence-electron chi connectivity index (χ1n) is 29.4. The van der Waals surface area contributed by atoms with Gasteiger partial charge in [-0.3, -0.25) is 19.2 Å². The number of carbonyl (C=O) groups is 4. The average Bonchev–Trinajstić information content (AvgIpc) is 3.32. The predicted octanol–water partition coefficient (Wildman–Crippen LogP) is 19.2. The topological polar surface area (TPSA) is 110 Å². The van der Waals surface area contributed by atoms with Crippen LogP contribution < -0.4 is 5.32 Å². The molecule has 0 aliphatic rings. The number of hydrogen-bond acceptors (Lipinski definition) is 5. The Morgan fingerprint density at radius 1 is 0.397 bits per heavy atom. The highest BCUT2D eigenvalue weighted by Gasteiger charge is 2.20. The molecule has 0 aliphatic carbocycles. The van der Waals surface area contributed by atoms with E-state index >= 15 is 0 Å². The molecule has 7 nitrogen and oxygen atoms in total. The molecule has 2 unspecified atom stereocenters. The molecule has 0 bridgehead atoms. The summed E-state index contributed by atoms with van der Waals surface area (Å²) < 4.78 is 5.69. The van der Waals surface area contributed by atoms with Crippen molar-refractivity contribution in [3.8, 4) is 0 Å². The van der Waals surface area contributed by atoms with Crippen LogP contribution in [0, 0.1) is 5.92 Å². The number of rotatable bonds is 51. The quantitative estimate of drug-likeness (QED) is 0.0272. The molecule has 0 saturated heterocycles. The van der Waals surface area contributed by atoms with Crippen molar-refractivity contribution in [2.75, 3.05) is 0 Å². The van der Waals surface area contributed by atoms with Crippen molar-refractivity contribution in [2.24, 2.45) is 5.92 Å². The van der Waals surface area contributed by atoms with Crippen LogP contribution in [0.2, 0.25) is 0 Å². The molecule has 2 atom stereocenters. The van der Waals surface area contributed by atoms with Gasteiger partial charge in [0, 0.05) is 31.6 Å². The largest absolute Gasteiger partial charge is 0.481 e. The molecule has 0 fully saturated rings. The number of unbranched alkanes of at least 4 members (excludes halogenated alkanes) is 31. The van der Waals surface area contributed by atoms with Crippen molar-refractivity contribution in [1.29, 1.82) is 0 Å². The number of nitrogens with one attached hydrogen (secondary N) is 1. The van der Waals surface area contributed by atoms with Crippen molar-refractivity contribution in [3.63, 3.8) is 0 Å². The molecule has 2 N–H and O–H groups in total. The first-order valence-corrected chi connectivity index (χ1v) is 29.4. The fourth-order valence-electron chi connectivity index (χ4n) is 8.49. The monoisotopic (exact) mass is 956 g/mol. The maximum Gasteiger partial charge on any atom is 0.307 e. The SMILES string of the molecule is CCCCCCCCC=CCCCCCCCC(=O)O.CCCCCCCCC=CCCCCCCCC(=O)OC(CCCC)NC(=O)CCC(CCCCC=CCCCCCCCC)C(C)=O. The molecule has 0 aromatic carbocycles. The van der Waals surface area contributed by atoms with E-state index in [1.807, 2.05) is 0 Å². The summed E-state index contributed by atoms with van der Waals surface area (Å²) in [4.78, 5) is 47.9. The number of hydrogen-bond donors (Lipinski definition) is 2. The van der Waals surface area contributed by atoms with E-state index in [9.17, 15) is 19.2 Å². The number of carboxylic acid groups (broad SMARTS) is 1. The summed E-state index contributed by atoms with van der Waals surface area (Å²) in [6, 6.07) is 0. The second-order valence-electron chi connectivity index (χ2n) is 19.9. The van der Waals surface area contributed by atoms with E-state index in [0.29, 0.717) is 25.7 Å². The van der Waals surface area contributed by atoms with Crippen LogP contribution in [-0.4, -0.2) is 35.0 Å². The van der Waals surface area contributed by atoms with Gasteiger partial charge in [-0.2, -0.15) is 0 Å². The van der Waals surface area contributed by atoms with Gasteiger partial charge in [0.15, 0.2) is 6.23 Å². The number of ether oxygens (including phenoxy) is 1. The fourth-order valence-corrected chi connectivity index (χ4v) is 8.49. The highest BCUT2D eigenvalue weighted by Crippen LogP contribution is 2.19. The summed E-state index contributed by atoms with van der Waals surface area (Å²) in [6.07, 6.45) is 62.7. The smallest absolute Gasteiger partial charge is 0.307 e. The highest BCUT2D eigenvalue weighted by molar-refractivity contribution is 5.80. The second-order valence-corrected chi connectivity index (χ2v) is 19.9. The van der Waals surface area contributed by atoms with Crippen LogP contribution in [0.15, 0.2) is 36.5 Å². The Labute approximate surface area is 422 Å². The molecule has 0 radical (unpaired) electrons. The molecule has 7 heteroatoms. The van der Waals surface area contributed by atoms with Crippen LogP contribution in [0.5, 0.6) is 0 Å². The minimum Gasteiger partial charge on any atom is -0.481 e. The lowest BCUT2D eigenvalue weighted by molar-refractivity contribution is -0.153. The number of amides is 1. The Hall–Kier alpha value is -2.70. The Morgan fingerprint density at radius 2 is 0.735 bits per heavy atom. The van der Waals surface area contributed by atoms with Crippen LogP contribution in [0.3, 0.4) is 0 Å². The van der Waals surface area contributed by atoms with E-state index in [1.54, 1.807) is 6.92 Å². The van der Waals surface area contributed by atoms with E-state index < -0.39 is 12.2 Å². The number of Topliss-reactive ketones (excluding diaryl/α,β-unsaturated/α-hetero) is 1. The van der Waals surface area contributed by atoms with Crippen LogP contribution in [0.4, 0.5) is 0 Å². The Bertz CT molecular complexity index is 1190. The van der Waals surface area contributed by atoms with Crippen LogP contribution >= 0.6 is 0 Å². The van der Waals surface area contributed by atoms with E-state index in [4.69, 9.17) is 9.84 Å². The van der Waals surface area contributed by atoms with Gasteiger partial charge >= 0.3 is 11.9 Å². The molecule has 0 aliphatic heterocycles. The van der Waals surface area contributed by atoms with Gasteiger partial charge in [0.25, 0.3) is 0 Å². The summed E-state index contributed by atoms with van der Waals surface area (Å²) in [5, 5.41) is 11.4. The van der Waals surface area contributed by atoms with E-state index in [-0.39, 0.29) is 30.0 Å². The third kappa shape index (κ3) is 55.9. The predicted molar refractivity (Wildman–Crippen MR) is 293 cm³/mol. The Morgan fingerprint density at radius 3 is 1.10 bits per heavy atom. The summed E-state index contributed by atoms with van der Waals surface area (Å²) in [5.74, 6) is -0.941. The molecule has 0 rings (SSSR count). The van der Waals surface area contributed by atoms with Crippen molar-refractivity contribution >= 4 is 23.6 Å². The zero-order chi connectivity index (χ0) is 50.2. The normalized spacial score (nSPS) is 12.4. The number of carboxylic acids is 1. The van der Waals surface area contributed by atoms with Gasteiger partial charge in [-0.05, 0) is 116 Å². The number of ketones is 1. The van der Waals surface area contributed by atoms with Gasteiger partial charge in [0.05, 0.1) is 0 Å². The van der Waals surface area contributed by atoms with Gasteiger partial charge in [-0.15, -0.1) is 0 Å². The van der Waals surface area contributed by atoms with Gasteiger partial charge in [0.1, 0.15) is 5.78 Å². The van der Waals surface area contributed by atoms with Crippen molar-refractivity contribution in [1.82, 2.24) is 5.32 Å². The first-order chi connectivity index (χ1) is 33.2. The van der Waals surface area contributed by atoms with E-state index in [0.717, 1.165) is 77.0 Å². The van der Waals surface area contributed by atoms with E-state index in [1.165, 1.54) is 173 Å². The maximum absolute atomic E-state index is 12.8. The van der Waals surface area contributed by atoms with E-state index in [2.05, 4.69) is 69.5 Å². The number of esters is 1. The highest BCUT2D eigenvalue weighted by atomic mass is 16.6. The molecular formula is C61H113NO6. The summed E-state index contributed by atoms with van der Waals surface area (Å²) >= 11 is 0. The third-order valence-corrected chi connectivity index (χ3v) is 13.1. The minimum atomic E-state index is -0.664. The second kappa shape index (κ2) is 56.9. The summed E-state index contributed by atoms with van der Waals surface area (Å²) in [5.41, 5.74) is 0. The molecular weight excluding hydrogens is 843 g/mol. The zero-order valence-electron chi connectivity index (χ0n) is 45.7. The zero-order valence-corrected chi connectivity index (χ0v) is 45.7. The van der Waals surface area contributed by atoms with Crippen LogP contribution in [0.25, 0.3) is 0 Å². The number of aliphatic carboxylic acids is 1. The van der Waals surface area contributed by atoms with Crippen molar-refractivity contribution < 1.29 is 29.0 Å². The standard InChI is InChI=1S/C43H79NO4.C18H34O2/c1-5-8-11-13-15-17-19-21-22-23-25-27-29-31-33-36-43(47)48-42(35-10-7-3)44-41(46)38-37-40(39(4)45)34-32-30-28-26-24-20-18-16-14-12-9-6-2;1-2-3-4-5-6-7-8-9-10-11-12-13-14-15-16-17-18(19)20/h21-22,24,26,40,42H,5-20,23,25,27-38H2,1-4H3,(H,44,46);9-10H,2-8,11-17H2,1H3,(H,19,20). The molecule has 1 amide bonds. The minimum absolute atomic E-state index is 0.0828. The first kappa shape index (κ1) is 67.4. The maximum atomic E-state index is 12.8. The molecule has 0 aromatic rings. The molecule has 0 spiro atoms. The van der Waals surface area contributed by atoms with Gasteiger partial charge in [-0.25, -0.2) is 0 Å².